The van der Waals surface area contributed by atoms with E-state index in [1.165, 1.54) is 119 Å². The van der Waals surface area contributed by atoms with Crippen LogP contribution >= 0.6 is 22.7 Å². The van der Waals surface area contributed by atoms with E-state index in [9.17, 15) is 13.2 Å². The molecule has 81 heavy (non-hydrogen) atoms. The minimum atomic E-state index is -4.43. The third kappa shape index (κ3) is 7.98. The highest BCUT2D eigenvalue weighted by atomic mass is 32.1. The maximum Gasteiger partial charge on any atom is 0.416 e. The van der Waals surface area contributed by atoms with Gasteiger partial charge in [-0.15, -0.1) is 22.7 Å². The van der Waals surface area contributed by atoms with Crippen molar-refractivity contribution in [1.29, 1.82) is 0 Å². The van der Waals surface area contributed by atoms with Crippen molar-refractivity contribution < 1.29 is 13.2 Å². The van der Waals surface area contributed by atoms with E-state index in [0.29, 0.717) is 30.2 Å². The predicted molar refractivity (Wildman–Crippen MR) is 337 cm³/mol. The van der Waals surface area contributed by atoms with Crippen molar-refractivity contribution in [3.8, 4) is 11.1 Å². The molecule has 0 saturated carbocycles. The van der Waals surface area contributed by atoms with E-state index < -0.39 is 17.2 Å². The Hall–Kier alpha value is -7.77. The Morgan fingerprint density at radius 3 is 1.57 bits per heavy atom. The summed E-state index contributed by atoms with van der Waals surface area (Å²) in [5.41, 5.74) is 18.7. The fourth-order valence-electron chi connectivity index (χ4n) is 14.2. The van der Waals surface area contributed by atoms with Gasteiger partial charge in [-0.05, 0) is 146 Å². The van der Waals surface area contributed by atoms with Crippen LogP contribution in [0.25, 0.3) is 51.5 Å². The Labute approximate surface area is 481 Å². The number of anilines is 3. The van der Waals surface area contributed by atoms with Gasteiger partial charge in [0, 0.05) is 58.4 Å². The third-order valence-corrected chi connectivity index (χ3v) is 20.6. The molecule has 6 heteroatoms. The lowest BCUT2D eigenvalue weighted by atomic mass is 9.55. The number of halogens is 3. The van der Waals surface area contributed by atoms with Crippen LogP contribution in [0.3, 0.4) is 0 Å². The molecule has 2 aliphatic carbocycles. The largest absolute Gasteiger partial charge is 0.416 e. The molecule has 2 aromatic heterocycles. The first-order chi connectivity index (χ1) is 39.1. The van der Waals surface area contributed by atoms with Crippen molar-refractivity contribution in [3.63, 3.8) is 0 Å². The van der Waals surface area contributed by atoms with Crippen molar-refractivity contribution in [1.82, 2.24) is 0 Å². The summed E-state index contributed by atoms with van der Waals surface area (Å²) >= 11 is 3.76. The highest BCUT2D eigenvalue weighted by Crippen LogP contribution is 2.63. The van der Waals surface area contributed by atoms with Crippen molar-refractivity contribution in [2.45, 2.75) is 96.1 Å². The van der Waals surface area contributed by atoms with E-state index in [4.69, 9.17) is 0 Å². The second-order valence-corrected chi connectivity index (χ2v) is 25.8. The monoisotopic (exact) mass is 1100 g/mol. The molecule has 14 rings (SSSR count). The van der Waals surface area contributed by atoms with Gasteiger partial charge in [0.05, 0.1) is 21.4 Å². The molecule has 1 nitrogen and oxygen atoms in total. The molecule has 2 aliphatic rings. The lowest BCUT2D eigenvalue weighted by molar-refractivity contribution is -0.137. The first kappa shape index (κ1) is 51.4. The van der Waals surface area contributed by atoms with E-state index in [2.05, 4.69) is 235 Å². The Morgan fingerprint density at radius 1 is 0.457 bits per heavy atom. The van der Waals surface area contributed by atoms with Crippen LogP contribution in [0.5, 0.6) is 0 Å². The molecule has 2 heterocycles. The highest BCUT2D eigenvalue weighted by molar-refractivity contribution is 7.27. The van der Waals surface area contributed by atoms with Gasteiger partial charge in [-0.1, -0.05) is 211 Å². The average Bonchev–Trinajstić information content (AvgIpc) is 3.95. The Bertz CT molecular complexity index is 4440. The van der Waals surface area contributed by atoms with Crippen LogP contribution in [0, 0.1) is 6.92 Å². The van der Waals surface area contributed by atoms with Crippen molar-refractivity contribution in [2.75, 3.05) is 4.90 Å². The zero-order valence-electron chi connectivity index (χ0n) is 46.7. The van der Waals surface area contributed by atoms with Gasteiger partial charge >= 0.3 is 6.18 Å². The van der Waals surface area contributed by atoms with Gasteiger partial charge in [-0.2, -0.15) is 13.2 Å². The molecule has 1 atom stereocenters. The molecule has 0 bridgehead atoms. The minimum Gasteiger partial charge on any atom is -0.309 e. The fraction of sp³-hybridized carbons (Fsp3) is 0.200. The number of nitrogens with zero attached hydrogens (tertiary/aromatic N) is 1. The molecular formula is C75H62F3NS2. The molecule has 0 radical (unpaired) electrons. The van der Waals surface area contributed by atoms with Crippen LogP contribution in [0.1, 0.15) is 138 Å². The maximum absolute atomic E-state index is 14.3. The number of hydrogen-bond donors (Lipinski definition) is 0. The summed E-state index contributed by atoms with van der Waals surface area (Å²) in [5.74, 6) is 0.569. The molecule has 12 aromatic rings. The van der Waals surface area contributed by atoms with Crippen LogP contribution in [-0.2, 0) is 23.4 Å². The molecule has 0 aliphatic heterocycles. The molecule has 1 unspecified atom stereocenters. The van der Waals surface area contributed by atoms with Gasteiger partial charge in [0.25, 0.3) is 0 Å². The summed E-state index contributed by atoms with van der Waals surface area (Å²) in [6.07, 6.45) is -3.35. The minimum absolute atomic E-state index is 0.151. The molecule has 0 saturated heterocycles. The van der Waals surface area contributed by atoms with Gasteiger partial charge < -0.3 is 4.90 Å². The number of rotatable bonds is 10. The van der Waals surface area contributed by atoms with Gasteiger partial charge in [-0.25, -0.2) is 0 Å². The second-order valence-electron chi connectivity index (χ2n) is 23.8. The first-order valence-corrected chi connectivity index (χ1v) is 30.2. The topological polar surface area (TPSA) is 3.24 Å². The third-order valence-electron chi connectivity index (χ3n) is 18.0. The number of benzene rings is 10. The first-order valence-electron chi connectivity index (χ1n) is 28.5. The van der Waals surface area contributed by atoms with Crippen LogP contribution in [0.4, 0.5) is 30.2 Å². The van der Waals surface area contributed by atoms with Crippen molar-refractivity contribution >= 4 is 80.1 Å². The molecule has 0 N–H and O–H groups in total. The predicted octanol–water partition coefficient (Wildman–Crippen LogP) is 22.2. The Balaban J connectivity index is 1.04. The van der Waals surface area contributed by atoms with Crippen molar-refractivity contribution in [2.24, 2.45) is 0 Å². The zero-order chi connectivity index (χ0) is 55.7. The standard InChI is InChI=1S/C75H62F3NS2/c1-44(2)52-22-14-25-56-57-27-16-24-55(71(57)80-69(52)56)54(37-34-47-19-13-20-49(41-47)75(76,77)78)48-35-38-62-60(42-48)61-43-51(36-39-63(61)74(62)66-31-10-8-29-64(66)73(6,7)65-30-9-11-32-67(65)74)79(50-21-12-18-46(5)40-50)68-33-17-28-59-58-26-15-23-53(45(3)4)70(58)81-72(59)68/h8-33,35-36,38-45,54H,34,37H2,1-7H3. The molecule has 1 spiro atoms. The fourth-order valence-corrected chi connectivity index (χ4v) is 17.2. The lowest BCUT2D eigenvalue weighted by Crippen LogP contribution is -2.40. The van der Waals surface area contributed by atoms with E-state index in [-0.39, 0.29) is 11.3 Å². The van der Waals surface area contributed by atoms with E-state index in [0.717, 1.165) is 22.6 Å². The Kier molecular flexibility index (Phi) is 12.2. The van der Waals surface area contributed by atoms with Crippen LogP contribution in [-0.4, -0.2) is 0 Å². The van der Waals surface area contributed by atoms with E-state index in [1.807, 2.05) is 28.7 Å². The molecule has 0 fully saturated rings. The second kappa shape index (κ2) is 19.2. The van der Waals surface area contributed by atoms with Crippen LogP contribution < -0.4 is 4.90 Å². The number of hydrogen-bond acceptors (Lipinski definition) is 3. The van der Waals surface area contributed by atoms with Gasteiger partial charge in [0.1, 0.15) is 0 Å². The summed E-state index contributed by atoms with van der Waals surface area (Å²) in [7, 11) is 0. The van der Waals surface area contributed by atoms with E-state index in [1.54, 1.807) is 6.07 Å². The number of fused-ring (bicyclic) bond motifs is 15. The molecular weight excluding hydrogens is 1040 g/mol. The molecule has 10 aromatic carbocycles. The average molecular weight is 1100 g/mol. The number of thiophene rings is 2. The normalized spacial score (nSPS) is 14.5. The van der Waals surface area contributed by atoms with Crippen LogP contribution in [0.2, 0.25) is 0 Å². The molecule has 0 amide bonds. The van der Waals surface area contributed by atoms with E-state index >= 15 is 0 Å². The number of alkyl halides is 3. The van der Waals surface area contributed by atoms with Gasteiger partial charge in [-0.3, -0.25) is 0 Å². The van der Waals surface area contributed by atoms with Crippen molar-refractivity contribution in [3.05, 3.63) is 279 Å². The SMILES string of the molecule is Cc1cccc(N(c2ccc3c(c2)-c2cc(C(CCc4cccc(C(F)(F)F)c4)c4cccc5c4sc4c(C(C)C)cccc45)ccc2C32c3ccccc3C(C)(C)c3ccccc32)c2cccc3c2sc2c(C(C)C)cccc23)c1. The lowest BCUT2D eigenvalue weighted by Gasteiger charge is -2.46. The summed E-state index contributed by atoms with van der Waals surface area (Å²) in [6, 6.07) is 74.5. The summed E-state index contributed by atoms with van der Waals surface area (Å²) in [5, 5.41) is 5.01. The van der Waals surface area contributed by atoms with Crippen LogP contribution in [0.15, 0.2) is 206 Å². The summed E-state index contributed by atoms with van der Waals surface area (Å²) in [4.78, 5) is 2.48. The quantitative estimate of drug-likeness (QED) is 0.132. The Morgan fingerprint density at radius 2 is 0.963 bits per heavy atom. The maximum atomic E-state index is 14.3. The highest BCUT2D eigenvalue weighted by Gasteiger charge is 2.53. The van der Waals surface area contributed by atoms with Gasteiger partial charge in [0.15, 0.2) is 0 Å². The smallest absolute Gasteiger partial charge is 0.309 e. The summed E-state index contributed by atoms with van der Waals surface area (Å²) in [6.45, 7) is 16.0. The number of aryl methyl sites for hydroxylation is 2. The van der Waals surface area contributed by atoms with Gasteiger partial charge in [0.2, 0.25) is 0 Å². The zero-order valence-corrected chi connectivity index (χ0v) is 48.3. The summed E-state index contributed by atoms with van der Waals surface area (Å²) < 4.78 is 48.1. The molecule has 400 valence electrons.